The Balaban J connectivity index is 1.59. The van der Waals surface area contributed by atoms with Gasteiger partial charge in [0.05, 0.1) is 0 Å². The fourth-order valence-corrected chi connectivity index (χ4v) is 4.81. The van der Waals surface area contributed by atoms with Crippen LogP contribution in [0.5, 0.6) is 0 Å². The van der Waals surface area contributed by atoms with Crippen LogP contribution in [0.4, 0.5) is 0 Å². The molecule has 0 N–H and O–H groups in total. The summed E-state index contributed by atoms with van der Waals surface area (Å²) < 4.78 is 0. The van der Waals surface area contributed by atoms with Crippen molar-refractivity contribution in [2.75, 3.05) is 0 Å². The first-order chi connectivity index (χ1) is 13.3. The van der Waals surface area contributed by atoms with Gasteiger partial charge in [-0.2, -0.15) is 0 Å². The lowest BCUT2D eigenvalue weighted by Crippen LogP contribution is -2.09. The second kappa shape index (κ2) is 7.24. The average Bonchev–Trinajstić information content (AvgIpc) is 3.18. The van der Waals surface area contributed by atoms with Gasteiger partial charge in [0.1, 0.15) is 0 Å². The van der Waals surface area contributed by atoms with Crippen LogP contribution in [0.3, 0.4) is 0 Å². The van der Waals surface area contributed by atoms with Crippen LogP contribution < -0.4 is 0 Å². The number of hydrogen-bond donors (Lipinski definition) is 0. The number of allylic oxidation sites excluding steroid dienone is 3. The molecule has 0 aliphatic heterocycles. The molecule has 2 aliphatic rings. The molecule has 0 spiro atoms. The summed E-state index contributed by atoms with van der Waals surface area (Å²) in [6, 6.07) is 15.9. The lowest BCUT2D eigenvalue weighted by atomic mass is 9.86. The summed E-state index contributed by atoms with van der Waals surface area (Å²) in [7, 11) is 0. The smallest absolute Gasteiger partial charge is 0.00392 e. The monoisotopic (exact) mass is 368 g/mol. The van der Waals surface area contributed by atoms with Crippen molar-refractivity contribution in [3.05, 3.63) is 89.0 Å². The molecule has 144 valence electrons. The molecule has 0 aromatic heterocycles. The quantitative estimate of drug-likeness (QED) is 0.483. The zero-order valence-corrected chi connectivity index (χ0v) is 17.6. The third-order valence-electron chi connectivity index (χ3n) is 6.17. The molecule has 4 rings (SSSR count). The summed E-state index contributed by atoms with van der Waals surface area (Å²) in [5.41, 5.74) is 11.6. The van der Waals surface area contributed by atoms with E-state index >= 15 is 0 Å². The molecule has 1 fully saturated rings. The zero-order chi connectivity index (χ0) is 19.9. The Bertz CT molecular complexity index is 946. The Hall–Kier alpha value is -2.34. The highest BCUT2D eigenvalue weighted by atomic mass is 14.3. The Morgan fingerprint density at radius 3 is 2.39 bits per heavy atom. The molecule has 0 unspecified atom stereocenters. The van der Waals surface area contributed by atoms with Crippen molar-refractivity contribution in [3.63, 3.8) is 0 Å². The van der Waals surface area contributed by atoms with Crippen LogP contribution in [0.25, 0.3) is 17.2 Å². The van der Waals surface area contributed by atoms with Crippen molar-refractivity contribution in [2.24, 2.45) is 11.3 Å². The molecular weight excluding hydrogens is 336 g/mol. The third kappa shape index (κ3) is 3.92. The van der Waals surface area contributed by atoms with E-state index in [4.69, 9.17) is 0 Å². The van der Waals surface area contributed by atoms with Crippen LogP contribution in [-0.4, -0.2) is 0 Å². The largest absolute Gasteiger partial charge is 0.0992 e. The molecule has 0 amide bonds. The Morgan fingerprint density at radius 1 is 0.964 bits per heavy atom. The topological polar surface area (TPSA) is 0 Å². The Labute approximate surface area is 170 Å². The molecule has 0 radical (unpaired) electrons. The van der Waals surface area contributed by atoms with Gasteiger partial charge in [0.15, 0.2) is 0 Å². The van der Waals surface area contributed by atoms with Crippen LogP contribution in [0.1, 0.15) is 56.7 Å². The summed E-state index contributed by atoms with van der Waals surface area (Å²) >= 11 is 0. The normalized spacial score (nSPS) is 17.2. The first-order valence-electron chi connectivity index (χ1n) is 10.6. The van der Waals surface area contributed by atoms with Gasteiger partial charge in [0.2, 0.25) is 0 Å². The van der Waals surface area contributed by atoms with Gasteiger partial charge in [0.25, 0.3) is 0 Å². The van der Waals surface area contributed by atoms with Crippen LogP contribution in [-0.2, 0) is 12.8 Å². The van der Waals surface area contributed by atoms with Crippen molar-refractivity contribution < 1.29 is 0 Å². The number of fused-ring (bicyclic) bond motifs is 1. The van der Waals surface area contributed by atoms with Crippen LogP contribution in [0, 0.1) is 11.3 Å². The van der Waals surface area contributed by atoms with Crippen molar-refractivity contribution in [3.8, 4) is 11.1 Å². The van der Waals surface area contributed by atoms with Gasteiger partial charge < -0.3 is 0 Å². The SMILES string of the molecule is C=C1CCC(=C)C1CC1=Cc2cccc(-c3cccc(CC(C)(C)C)c3)c2C1. The maximum atomic E-state index is 4.29. The molecule has 0 bridgehead atoms. The Morgan fingerprint density at radius 2 is 1.68 bits per heavy atom. The van der Waals surface area contributed by atoms with Gasteiger partial charge in [-0.1, -0.05) is 99.2 Å². The summed E-state index contributed by atoms with van der Waals surface area (Å²) in [6.07, 6.45) is 7.91. The molecule has 1 saturated carbocycles. The lowest BCUT2D eigenvalue weighted by Gasteiger charge is -2.19. The maximum Gasteiger partial charge on any atom is 0.00392 e. The molecule has 0 heteroatoms. The molecule has 0 nitrogen and oxygen atoms in total. The number of hydrogen-bond acceptors (Lipinski definition) is 0. The summed E-state index contributed by atoms with van der Waals surface area (Å²) in [4.78, 5) is 0. The van der Waals surface area contributed by atoms with E-state index in [2.05, 4.69) is 82.5 Å². The summed E-state index contributed by atoms with van der Waals surface area (Å²) in [6.45, 7) is 15.5. The Kier molecular flexibility index (Phi) is 4.91. The molecular formula is C28H32. The average molecular weight is 369 g/mol. The van der Waals surface area contributed by atoms with Gasteiger partial charge in [-0.25, -0.2) is 0 Å². The third-order valence-corrected chi connectivity index (χ3v) is 6.17. The van der Waals surface area contributed by atoms with Crippen LogP contribution in [0.2, 0.25) is 0 Å². The van der Waals surface area contributed by atoms with E-state index in [9.17, 15) is 0 Å². The predicted molar refractivity (Wildman–Crippen MR) is 122 cm³/mol. The number of rotatable bonds is 4. The second-order valence-electron chi connectivity index (χ2n) is 9.86. The molecule has 2 aromatic rings. The van der Waals surface area contributed by atoms with Gasteiger partial charge in [-0.3, -0.25) is 0 Å². The van der Waals surface area contributed by atoms with E-state index in [0.29, 0.717) is 11.3 Å². The van der Waals surface area contributed by atoms with Crippen molar-refractivity contribution in [1.29, 1.82) is 0 Å². The molecule has 0 saturated heterocycles. The predicted octanol–water partition coefficient (Wildman–Crippen LogP) is 7.79. The molecule has 2 aromatic carbocycles. The zero-order valence-electron chi connectivity index (χ0n) is 17.6. The van der Waals surface area contributed by atoms with Crippen molar-refractivity contribution >= 4 is 6.08 Å². The lowest BCUT2D eigenvalue weighted by molar-refractivity contribution is 0.411. The van der Waals surface area contributed by atoms with Crippen molar-refractivity contribution in [1.82, 2.24) is 0 Å². The molecule has 2 aliphatic carbocycles. The maximum absolute atomic E-state index is 4.29. The first-order valence-corrected chi connectivity index (χ1v) is 10.6. The van der Waals surface area contributed by atoms with E-state index in [1.54, 1.807) is 0 Å². The minimum absolute atomic E-state index is 0.304. The van der Waals surface area contributed by atoms with E-state index < -0.39 is 0 Å². The van der Waals surface area contributed by atoms with Gasteiger partial charge in [0, 0.05) is 5.92 Å². The van der Waals surface area contributed by atoms with Gasteiger partial charge >= 0.3 is 0 Å². The van der Waals surface area contributed by atoms with E-state index in [1.807, 2.05) is 0 Å². The van der Waals surface area contributed by atoms with Crippen molar-refractivity contribution in [2.45, 2.75) is 52.9 Å². The number of benzene rings is 2. The fourth-order valence-electron chi connectivity index (χ4n) is 4.81. The summed E-state index contributed by atoms with van der Waals surface area (Å²) in [5, 5.41) is 0. The van der Waals surface area contributed by atoms with E-state index in [0.717, 1.165) is 32.1 Å². The van der Waals surface area contributed by atoms with Crippen LogP contribution >= 0.6 is 0 Å². The minimum atomic E-state index is 0.304. The van der Waals surface area contributed by atoms with Crippen LogP contribution in [0.15, 0.2) is 72.3 Å². The summed E-state index contributed by atoms with van der Waals surface area (Å²) in [5.74, 6) is 0.485. The minimum Gasteiger partial charge on any atom is -0.0992 e. The molecule has 0 heterocycles. The molecule has 28 heavy (non-hydrogen) atoms. The fraction of sp³-hybridized carbons (Fsp3) is 0.357. The van der Waals surface area contributed by atoms with Gasteiger partial charge in [-0.15, -0.1) is 0 Å². The van der Waals surface area contributed by atoms with E-state index in [-0.39, 0.29) is 0 Å². The first kappa shape index (κ1) is 19.0. The second-order valence-corrected chi connectivity index (χ2v) is 9.86. The highest BCUT2D eigenvalue weighted by Gasteiger charge is 2.26. The molecule has 0 atom stereocenters. The van der Waals surface area contributed by atoms with Gasteiger partial charge in [-0.05, 0) is 65.3 Å². The highest BCUT2D eigenvalue weighted by Crippen LogP contribution is 2.42. The highest BCUT2D eigenvalue weighted by molar-refractivity contribution is 5.77. The standard InChI is InChI=1S/C28H32/c1-19-12-13-20(2)26(19)16-22-15-24-10-7-11-25(27(24)17-22)23-9-6-8-21(14-23)18-28(3,4)5/h6-11,14-15,26H,1-2,12-13,16-18H2,3-5H3. The van der Waals surface area contributed by atoms with E-state index in [1.165, 1.54) is 44.5 Å².